The SMILES string of the molecule is CCCCCCCCCCCCCCCCCc1cc[n+](CCCC)cc1. The molecule has 156 valence electrons. The van der Waals surface area contributed by atoms with Crippen molar-refractivity contribution in [2.45, 2.75) is 136 Å². The summed E-state index contributed by atoms with van der Waals surface area (Å²) in [4.78, 5) is 0. The Balaban J connectivity index is 1.82. The van der Waals surface area contributed by atoms with Gasteiger partial charge < -0.3 is 0 Å². The number of aryl methyl sites for hydroxylation is 2. The van der Waals surface area contributed by atoms with Crippen LogP contribution in [0.5, 0.6) is 0 Å². The molecular formula is C26H48N+. The minimum Gasteiger partial charge on any atom is -0.205 e. The van der Waals surface area contributed by atoms with Crippen molar-refractivity contribution in [2.75, 3.05) is 0 Å². The minimum absolute atomic E-state index is 1.16. The second-order valence-electron chi connectivity index (χ2n) is 8.50. The highest BCUT2D eigenvalue weighted by Crippen LogP contribution is 2.14. The zero-order valence-corrected chi connectivity index (χ0v) is 18.7. The summed E-state index contributed by atoms with van der Waals surface area (Å²) in [5.74, 6) is 0. The van der Waals surface area contributed by atoms with Crippen LogP contribution in [-0.4, -0.2) is 0 Å². The summed E-state index contributed by atoms with van der Waals surface area (Å²) in [6.45, 7) is 5.72. The molecule has 0 radical (unpaired) electrons. The van der Waals surface area contributed by atoms with E-state index >= 15 is 0 Å². The van der Waals surface area contributed by atoms with Crippen LogP contribution in [-0.2, 0) is 13.0 Å². The first-order valence-corrected chi connectivity index (χ1v) is 12.3. The number of hydrogen-bond acceptors (Lipinski definition) is 0. The zero-order chi connectivity index (χ0) is 19.4. The van der Waals surface area contributed by atoms with Gasteiger partial charge in [0.25, 0.3) is 0 Å². The predicted molar refractivity (Wildman–Crippen MR) is 120 cm³/mol. The molecule has 1 heteroatoms. The van der Waals surface area contributed by atoms with Gasteiger partial charge in [-0.25, -0.2) is 4.57 Å². The fourth-order valence-electron chi connectivity index (χ4n) is 3.85. The number of rotatable bonds is 19. The van der Waals surface area contributed by atoms with Crippen molar-refractivity contribution < 1.29 is 4.57 Å². The van der Waals surface area contributed by atoms with E-state index in [4.69, 9.17) is 0 Å². The van der Waals surface area contributed by atoms with Gasteiger partial charge in [-0.2, -0.15) is 0 Å². The van der Waals surface area contributed by atoms with Crippen molar-refractivity contribution >= 4 is 0 Å². The standard InChI is InChI=1S/C26H48N/c1-3-5-7-8-9-10-11-12-13-14-15-16-17-18-19-20-26-21-24-27(25-22-26)23-6-4-2/h21-22,24-25H,3-20,23H2,1-2H3/q+1. The molecule has 1 rings (SSSR count). The summed E-state index contributed by atoms with van der Waals surface area (Å²) in [7, 11) is 0. The molecule has 0 aromatic carbocycles. The lowest BCUT2D eigenvalue weighted by atomic mass is 10.0. The van der Waals surface area contributed by atoms with Crippen molar-refractivity contribution in [3.63, 3.8) is 0 Å². The van der Waals surface area contributed by atoms with Gasteiger partial charge in [-0.3, -0.25) is 0 Å². The summed E-state index contributed by atoms with van der Waals surface area (Å²) in [5.41, 5.74) is 1.51. The molecule has 1 nitrogen and oxygen atoms in total. The van der Waals surface area contributed by atoms with E-state index in [0.717, 1.165) is 6.54 Å². The van der Waals surface area contributed by atoms with E-state index in [2.05, 4.69) is 42.9 Å². The second kappa shape index (κ2) is 18.5. The zero-order valence-electron chi connectivity index (χ0n) is 18.7. The van der Waals surface area contributed by atoms with E-state index in [1.807, 2.05) is 0 Å². The third kappa shape index (κ3) is 14.8. The first-order valence-electron chi connectivity index (χ1n) is 12.3. The van der Waals surface area contributed by atoms with Crippen LogP contribution in [0.15, 0.2) is 24.5 Å². The Kier molecular flexibility index (Phi) is 16.6. The van der Waals surface area contributed by atoms with Gasteiger partial charge in [0, 0.05) is 18.6 Å². The van der Waals surface area contributed by atoms with Crippen LogP contribution in [0.1, 0.15) is 129 Å². The van der Waals surface area contributed by atoms with Crippen molar-refractivity contribution in [1.82, 2.24) is 0 Å². The van der Waals surface area contributed by atoms with Gasteiger partial charge in [-0.1, -0.05) is 110 Å². The van der Waals surface area contributed by atoms with Crippen LogP contribution in [0, 0.1) is 0 Å². The van der Waals surface area contributed by atoms with E-state index in [9.17, 15) is 0 Å². The molecule has 0 aliphatic carbocycles. The number of aromatic nitrogens is 1. The molecule has 0 fully saturated rings. The summed E-state index contributed by atoms with van der Waals surface area (Å²) in [6.07, 6.45) is 30.0. The van der Waals surface area contributed by atoms with Gasteiger partial charge in [0.15, 0.2) is 12.4 Å². The Labute approximate surface area is 171 Å². The molecule has 0 aliphatic rings. The van der Waals surface area contributed by atoms with Crippen molar-refractivity contribution in [1.29, 1.82) is 0 Å². The number of pyridine rings is 1. The summed E-state index contributed by atoms with van der Waals surface area (Å²) >= 11 is 0. The topological polar surface area (TPSA) is 3.88 Å². The van der Waals surface area contributed by atoms with E-state index in [0.29, 0.717) is 0 Å². The molecule has 27 heavy (non-hydrogen) atoms. The molecule has 0 amide bonds. The first-order chi connectivity index (χ1) is 13.4. The van der Waals surface area contributed by atoms with Crippen molar-refractivity contribution in [3.8, 4) is 0 Å². The van der Waals surface area contributed by atoms with Crippen LogP contribution in [0.25, 0.3) is 0 Å². The lowest BCUT2D eigenvalue weighted by molar-refractivity contribution is -0.697. The fraction of sp³-hybridized carbons (Fsp3) is 0.808. The van der Waals surface area contributed by atoms with E-state index in [-0.39, 0.29) is 0 Å². The molecule has 0 bridgehead atoms. The smallest absolute Gasteiger partial charge is 0.169 e. The largest absolute Gasteiger partial charge is 0.205 e. The quantitative estimate of drug-likeness (QED) is 0.170. The maximum atomic E-state index is 2.32. The molecular weight excluding hydrogens is 326 g/mol. The maximum absolute atomic E-state index is 2.32. The Hall–Kier alpha value is -0.850. The van der Waals surface area contributed by atoms with Crippen molar-refractivity contribution in [2.24, 2.45) is 0 Å². The molecule has 1 heterocycles. The van der Waals surface area contributed by atoms with Gasteiger partial charge >= 0.3 is 0 Å². The molecule has 0 spiro atoms. The third-order valence-electron chi connectivity index (χ3n) is 5.80. The number of hydrogen-bond donors (Lipinski definition) is 0. The van der Waals surface area contributed by atoms with E-state index in [1.54, 1.807) is 0 Å². The van der Waals surface area contributed by atoms with Gasteiger partial charge in [-0.05, 0) is 18.4 Å². The predicted octanol–water partition coefficient (Wildman–Crippen LogP) is 8.19. The average molecular weight is 375 g/mol. The van der Waals surface area contributed by atoms with E-state index in [1.165, 1.54) is 121 Å². The van der Waals surface area contributed by atoms with E-state index < -0.39 is 0 Å². The summed E-state index contributed by atoms with van der Waals surface area (Å²) in [6, 6.07) is 4.64. The maximum Gasteiger partial charge on any atom is 0.169 e. The normalized spacial score (nSPS) is 11.2. The van der Waals surface area contributed by atoms with Crippen LogP contribution in [0.3, 0.4) is 0 Å². The molecule has 0 unspecified atom stereocenters. The van der Waals surface area contributed by atoms with Gasteiger partial charge in [-0.15, -0.1) is 0 Å². The summed E-state index contributed by atoms with van der Waals surface area (Å²) in [5, 5.41) is 0. The van der Waals surface area contributed by atoms with Crippen LogP contribution >= 0.6 is 0 Å². The highest BCUT2D eigenvalue weighted by molar-refractivity contribution is 5.07. The molecule has 0 atom stereocenters. The van der Waals surface area contributed by atoms with Crippen LogP contribution in [0.4, 0.5) is 0 Å². The van der Waals surface area contributed by atoms with Gasteiger partial charge in [0.05, 0.1) is 0 Å². The lowest BCUT2D eigenvalue weighted by Gasteiger charge is -2.04. The van der Waals surface area contributed by atoms with Crippen LogP contribution < -0.4 is 4.57 Å². The number of unbranched alkanes of at least 4 members (excludes halogenated alkanes) is 15. The Morgan fingerprint density at radius 1 is 0.519 bits per heavy atom. The monoisotopic (exact) mass is 374 g/mol. The second-order valence-corrected chi connectivity index (χ2v) is 8.50. The summed E-state index contributed by atoms with van der Waals surface area (Å²) < 4.78 is 2.32. The third-order valence-corrected chi connectivity index (χ3v) is 5.80. The average Bonchev–Trinajstić information content (AvgIpc) is 2.70. The molecule has 0 N–H and O–H groups in total. The molecule has 1 aromatic rings. The first kappa shape index (κ1) is 24.2. The molecule has 0 saturated carbocycles. The number of nitrogens with zero attached hydrogens (tertiary/aromatic N) is 1. The Morgan fingerprint density at radius 3 is 1.37 bits per heavy atom. The highest BCUT2D eigenvalue weighted by atomic mass is 14.9. The molecule has 0 saturated heterocycles. The van der Waals surface area contributed by atoms with Gasteiger partial charge in [0.2, 0.25) is 0 Å². The molecule has 1 aromatic heterocycles. The molecule has 0 aliphatic heterocycles. The van der Waals surface area contributed by atoms with Gasteiger partial charge in [0.1, 0.15) is 6.54 Å². The Morgan fingerprint density at radius 2 is 0.926 bits per heavy atom. The van der Waals surface area contributed by atoms with Crippen LogP contribution in [0.2, 0.25) is 0 Å². The minimum atomic E-state index is 1.16. The fourth-order valence-corrected chi connectivity index (χ4v) is 3.85. The highest BCUT2D eigenvalue weighted by Gasteiger charge is 2.00. The Bertz CT molecular complexity index is 409. The van der Waals surface area contributed by atoms with Crippen molar-refractivity contribution in [3.05, 3.63) is 30.1 Å². The lowest BCUT2D eigenvalue weighted by Crippen LogP contribution is -2.32.